The van der Waals surface area contributed by atoms with Gasteiger partial charge in [-0.2, -0.15) is 0 Å². The Labute approximate surface area is 105 Å². The van der Waals surface area contributed by atoms with E-state index in [0.29, 0.717) is 13.0 Å². The van der Waals surface area contributed by atoms with Crippen LogP contribution in [0.5, 0.6) is 0 Å². The lowest BCUT2D eigenvalue weighted by Gasteiger charge is -2.35. The fraction of sp³-hybridized carbons (Fsp3) is 0.929. The Balaban J connectivity index is 2.41. The largest absolute Gasteiger partial charge is 0.463 e. The Morgan fingerprint density at radius 1 is 1.35 bits per heavy atom. The minimum atomic E-state index is -0.0571. The lowest BCUT2D eigenvalue weighted by atomic mass is 9.72. The van der Waals surface area contributed by atoms with Gasteiger partial charge in [-0.05, 0) is 38.1 Å². The highest BCUT2D eigenvalue weighted by Crippen LogP contribution is 2.38. The van der Waals surface area contributed by atoms with Crippen LogP contribution < -0.4 is 5.73 Å². The van der Waals surface area contributed by atoms with Gasteiger partial charge in [0.15, 0.2) is 0 Å². The highest BCUT2D eigenvalue weighted by Gasteiger charge is 2.33. The molecule has 100 valence electrons. The van der Waals surface area contributed by atoms with Gasteiger partial charge in [-0.15, -0.1) is 0 Å². The van der Waals surface area contributed by atoms with Crippen molar-refractivity contribution in [1.82, 2.24) is 0 Å². The number of nitrogens with two attached hydrogens (primary N) is 1. The Morgan fingerprint density at radius 2 is 2.00 bits per heavy atom. The monoisotopic (exact) mass is 241 g/mol. The molecule has 1 unspecified atom stereocenters. The maximum absolute atomic E-state index is 11.9. The summed E-state index contributed by atoms with van der Waals surface area (Å²) in [6, 6.07) is 0. The van der Waals surface area contributed by atoms with Crippen LogP contribution in [0.2, 0.25) is 0 Å². The molecular weight excluding hydrogens is 214 g/mol. The molecule has 0 heterocycles. The zero-order valence-electron chi connectivity index (χ0n) is 11.3. The molecule has 3 nitrogen and oxygen atoms in total. The number of carbonyl (C=O) groups is 1. The highest BCUT2D eigenvalue weighted by atomic mass is 16.5. The van der Waals surface area contributed by atoms with E-state index in [-0.39, 0.29) is 17.5 Å². The third-order valence-corrected chi connectivity index (χ3v) is 3.89. The van der Waals surface area contributed by atoms with Crippen LogP contribution in [0.4, 0.5) is 0 Å². The lowest BCUT2D eigenvalue weighted by molar-refractivity contribution is -0.151. The van der Waals surface area contributed by atoms with Gasteiger partial charge in [0.1, 0.15) is 0 Å². The first kappa shape index (κ1) is 14.5. The Morgan fingerprint density at radius 3 is 2.53 bits per heavy atom. The second-order valence-electron chi connectivity index (χ2n) is 5.53. The van der Waals surface area contributed by atoms with E-state index in [1.807, 2.05) is 6.92 Å². The van der Waals surface area contributed by atoms with Crippen LogP contribution in [0, 0.1) is 5.41 Å². The zero-order valence-corrected chi connectivity index (χ0v) is 11.3. The van der Waals surface area contributed by atoms with Gasteiger partial charge in [0, 0.05) is 0 Å². The van der Waals surface area contributed by atoms with E-state index in [4.69, 9.17) is 10.5 Å². The molecule has 1 rings (SSSR count). The summed E-state index contributed by atoms with van der Waals surface area (Å²) in [6.45, 7) is 4.69. The van der Waals surface area contributed by atoms with E-state index in [1.54, 1.807) is 0 Å². The summed E-state index contributed by atoms with van der Waals surface area (Å²) < 4.78 is 5.43. The molecule has 0 aromatic heterocycles. The SMILES string of the molecule is CCCC(C)OC(=O)CC1(CN)CCCCC1. The molecule has 0 aromatic carbocycles. The smallest absolute Gasteiger partial charge is 0.306 e. The second kappa shape index (κ2) is 7.00. The molecule has 3 heteroatoms. The molecule has 0 aromatic rings. The standard InChI is InChI=1S/C14H27NO2/c1-3-7-12(2)17-13(16)10-14(11-15)8-5-4-6-9-14/h12H,3-11,15H2,1-2H3. The molecule has 0 bridgehead atoms. The minimum Gasteiger partial charge on any atom is -0.463 e. The van der Waals surface area contributed by atoms with Gasteiger partial charge < -0.3 is 10.5 Å². The van der Waals surface area contributed by atoms with Crippen molar-refractivity contribution < 1.29 is 9.53 Å². The van der Waals surface area contributed by atoms with Gasteiger partial charge in [0.2, 0.25) is 0 Å². The van der Waals surface area contributed by atoms with Crippen molar-refractivity contribution in [2.75, 3.05) is 6.54 Å². The lowest BCUT2D eigenvalue weighted by Crippen LogP contribution is -2.36. The van der Waals surface area contributed by atoms with Crippen molar-refractivity contribution in [3.05, 3.63) is 0 Å². The average Bonchev–Trinajstić information content (AvgIpc) is 2.30. The zero-order chi connectivity index (χ0) is 12.7. The third kappa shape index (κ3) is 4.66. The van der Waals surface area contributed by atoms with Crippen LogP contribution in [-0.2, 0) is 9.53 Å². The number of ether oxygens (including phenoxy) is 1. The predicted molar refractivity (Wildman–Crippen MR) is 69.7 cm³/mol. The van der Waals surface area contributed by atoms with Crippen LogP contribution in [0.25, 0.3) is 0 Å². The molecule has 0 aliphatic heterocycles. The fourth-order valence-electron chi connectivity index (χ4n) is 2.79. The molecule has 1 saturated carbocycles. The number of carbonyl (C=O) groups excluding carboxylic acids is 1. The molecular formula is C14H27NO2. The Bertz CT molecular complexity index is 234. The van der Waals surface area contributed by atoms with Crippen molar-refractivity contribution in [3.8, 4) is 0 Å². The van der Waals surface area contributed by atoms with Crippen molar-refractivity contribution in [3.63, 3.8) is 0 Å². The maximum atomic E-state index is 11.9. The van der Waals surface area contributed by atoms with Crippen LogP contribution in [0.3, 0.4) is 0 Å². The normalized spacial score (nSPS) is 20.9. The van der Waals surface area contributed by atoms with Gasteiger partial charge in [-0.3, -0.25) is 4.79 Å². The topological polar surface area (TPSA) is 52.3 Å². The summed E-state index contributed by atoms with van der Waals surface area (Å²) in [5.74, 6) is -0.0571. The molecule has 0 radical (unpaired) electrons. The molecule has 0 amide bonds. The molecule has 1 aliphatic carbocycles. The first-order chi connectivity index (χ1) is 8.12. The van der Waals surface area contributed by atoms with Crippen LogP contribution >= 0.6 is 0 Å². The Hall–Kier alpha value is -0.570. The molecule has 0 saturated heterocycles. The van der Waals surface area contributed by atoms with E-state index in [1.165, 1.54) is 19.3 Å². The first-order valence-corrected chi connectivity index (χ1v) is 7.01. The van der Waals surface area contributed by atoms with Gasteiger partial charge in [0.25, 0.3) is 0 Å². The fourth-order valence-corrected chi connectivity index (χ4v) is 2.79. The van der Waals surface area contributed by atoms with Crippen molar-refractivity contribution in [2.24, 2.45) is 11.1 Å². The summed E-state index contributed by atoms with van der Waals surface area (Å²) in [7, 11) is 0. The van der Waals surface area contributed by atoms with E-state index in [2.05, 4.69) is 6.92 Å². The summed E-state index contributed by atoms with van der Waals surface area (Å²) in [4.78, 5) is 11.9. The summed E-state index contributed by atoms with van der Waals surface area (Å²) >= 11 is 0. The molecule has 17 heavy (non-hydrogen) atoms. The quantitative estimate of drug-likeness (QED) is 0.727. The molecule has 1 atom stereocenters. The van der Waals surface area contributed by atoms with Gasteiger partial charge in [-0.25, -0.2) is 0 Å². The van der Waals surface area contributed by atoms with E-state index >= 15 is 0 Å². The molecule has 1 fully saturated rings. The average molecular weight is 241 g/mol. The van der Waals surface area contributed by atoms with Crippen molar-refractivity contribution >= 4 is 5.97 Å². The van der Waals surface area contributed by atoms with Crippen LogP contribution in [-0.4, -0.2) is 18.6 Å². The highest BCUT2D eigenvalue weighted by molar-refractivity contribution is 5.70. The van der Waals surface area contributed by atoms with Crippen molar-refractivity contribution in [2.45, 2.75) is 71.3 Å². The molecule has 1 aliphatic rings. The Kier molecular flexibility index (Phi) is 5.96. The summed E-state index contributed by atoms with van der Waals surface area (Å²) in [5, 5.41) is 0. The van der Waals surface area contributed by atoms with Gasteiger partial charge in [-0.1, -0.05) is 32.6 Å². The van der Waals surface area contributed by atoms with Gasteiger partial charge in [0.05, 0.1) is 12.5 Å². The van der Waals surface area contributed by atoms with Crippen LogP contribution in [0.1, 0.15) is 65.2 Å². The number of rotatable bonds is 6. The third-order valence-electron chi connectivity index (χ3n) is 3.89. The molecule has 0 spiro atoms. The first-order valence-electron chi connectivity index (χ1n) is 7.01. The second-order valence-corrected chi connectivity index (χ2v) is 5.53. The number of esters is 1. The minimum absolute atomic E-state index is 0.0290. The summed E-state index contributed by atoms with van der Waals surface area (Å²) in [5.41, 5.74) is 5.90. The van der Waals surface area contributed by atoms with Crippen LogP contribution in [0.15, 0.2) is 0 Å². The number of hydrogen-bond donors (Lipinski definition) is 1. The van der Waals surface area contributed by atoms with E-state index in [9.17, 15) is 4.79 Å². The predicted octanol–water partition coefficient (Wildman–Crippen LogP) is 3.02. The summed E-state index contributed by atoms with van der Waals surface area (Å²) in [6.07, 6.45) is 8.41. The number of hydrogen-bond acceptors (Lipinski definition) is 3. The maximum Gasteiger partial charge on any atom is 0.306 e. The van der Waals surface area contributed by atoms with Gasteiger partial charge >= 0.3 is 5.97 Å². The molecule has 2 N–H and O–H groups in total. The van der Waals surface area contributed by atoms with Crippen molar-refractivity contribution in [1.29, 1.82) is 0 Å². The van der Waals surface area contributed by atoms with E-state index < -0.39 is 0 Å². The van der Waals surface area contributed by atoms with E-state index in [0.717, 1.165) is 25.7 Å².